The fraction of sp³-hybridized carbons (Fsp3) is 0.429. The van der Waals surface area contributed by atoms with Gasteiger partial charge in [-0.2, -0.15) is 0 Å². The Bertz CT molecular complexity index is 839. The lowest BCUT2D eigenvalue weighted by molar-refractivity contribution is -0.115. The van der Waals surface area contributed by atoms with Crippen molar-refractivity contribution < 1.29 is 9.53 Å². The molecule has 2 heterocycles. The number of hydrogen-bond donors (Lipinski definition) is 2. The van der Waals surface area contributed by atoms with Crippen LogP contribution in [0.5, 0.6) is 0 Å². The molecule has 2 aromatic rings. The Kier molecular flexibility index (Phi) is 5.24. The van der Waals surface area contributed by atoms with Gasteiger partial charge in [-0.1, -0.05) is 0 Å². The number of pyridine rings is 1. The van der Waals surface area contributed by atoms with Crippen LogP contribution in [0.2, 0.25) is 0 Å². The van der Waals surface area contributed by atoms with E-state index in [1.165, 1.54) is 30.9 Å². The van der Waals surface area contributed by atoms with Crippen LogP contribution in [0, 0.1) is 0 Å². The molecule has 0 fully saturated rings. The van der Waals surface area contributed by atoms with Gasteiger partial charge in [-0.3, -0.25) is 18.7 Å². The van der Waals surface area contributed by atoms with E-state index in [0.717, 1.165) is 4.57 Å². The lowest BCUT2D eigenvalue weighted by atomic mass is 10.3. The molecule has 0 saturated carbocycles. The van der Waals surface area contributed by atoms with E-state index >= 15 is 0 Å². The molecular weight excluding hydrogens is 302 g/mol. The summed E-state index contributed by atoms with van der Waals surface area (Å²) < 4.78 is 7.15. The van der Waals surface area contributed by atoms with Gasteiger partial charge in [0.1, 0.15) is 5.65 Å². The summed E-state index contributed by atoms with van der Waals surface area (Å²) in [5.74, 6) is -0.260. The lowest BCUT2D eigenvalue weighted by Crippen LogP contribution is -2.37. The SMILES string of the molecule is COCCNCC(=O)Nc1cnc2c(c1)c(=O)n(C)c(=O)n2C. The van der Waals surface area contributed by atoms with Crippen molar-refractivity contribution in [3.05, 3.63) is 33.1 Å². The molecule has 0 aliphatic carbocycles. The first-order valence-electron chi connectivity index (χ1n) is 7.01. The third-order valence-electron chi connectivity index (χ3n) is 3.35. The zero-order valence-corrected chi connectivity index (χ0v) is 13.3. The molecule has 2 N–H and O–H groups in total. The number of hydrogen-bond acceptors (Lipinski definition) is 6. The molecule has 0 bridgehead atoms. The van der Waals surface area contributed by atoms with Crippen molar-refractivity contribution in [1.82, 2.24) is 19.4 Å². The van der Waals surface area contributed by atoms with E-state index in [1.807, 2.05) is 0 Å². The number of carbonyl (C=O) groups excluding carboxylic acids is 1. The predicted molar refractivity (Wildman–Crippen MR) is 85.6 cm³/mol. The number of amides is 1. The first-order chi connectivity index (χ1) is 11.0. The van der Waals surface area contributed by atoms with Gasteiger partial charge in [0.05, 0.1) is 30.4 Å². The fourth-order valence-electron chi connectivity index (χ4n) is 2.12. The van der Waals surface area contributed by atoms with Crippen LogP contribution in [-0.2, 0) is 23.6 Å². The summed E-state index contributed by atoms with van der Waals surface area (Å²) in [7, 11) is 4.51. The first-order valence-corrected chi connectivity index (χ1v) is 7.01. The summed E-state index contributed by atoms with van der Waals surface area (Å²) >= 11 is 0. The van der Waals surface area contributed by atoms with Crippen LogP contribution in [-0.4, -0.2) is 46.8 Å². The average molecular weight is 321 g/mol. The van der Waals surface area contributed by atoms with E-state index in [1.54, 1.807) is 7.11 Å². The molecule has 9 heteroatoms. The minimum atomic E-state index is -0.454. The van der Waals surface area contributed by atoms with Crippen LogP contribution in [0.15, 0.2) is 21.9 Å². The normalized spacial score (nSPS) is 10.9. The fourth-order valence-corrected chi connectivity index (χ4v) is 2.12. The second-order valence-electron chi connectivity index (χ2n) is 5.02. The highest BCUT2D eigenvalue weighted by atomic mass is 16.5. The number of nitrogens with one attached hydrogen (secondary N) is 2. The summed E-state index contributed by atoms with van der Waals surface area (Å²) in [5.41, 5.74) is -0.236. The quantitative estimate of drug-likeness (QED) is 0.648. The molecule has 0 aliphatic heterocycles. The number of fused-ring (bicyclic) bond motifs is 1. The summed E-state index contributed by atoms with van der Waals surface area (Å²) in [6.45, 7) is 1.18. The van der Waals surface area contributed by atoms with Crippen LogP contribution in [0.1, 0.15) is 0 Å². The van der Waals surface area contributed by atoms with Gasteiger partial charge in [-0.25, -0.2) is 9.78 Å². The van der Waals surface area contributed by atoms with Crippen molar-refractivity contribution in [3.63, 3.8) is 0 Å². The molecule has 23 heavy (non-hydrogen) atoms. The number of rotatable bonds is 6. The molecular formula is C14H19N5O4. The number of aromatic nitrogens is 3. The minimum absolute atomic E-state index is 0.118. The molecule has 2 aromatic heterocycles. The molecule has 9 nitrogen and oxygen atoms in total. The Morgan fingerprint density at radius 3 is 2.74 bits per heavy atom. The minimum Gasteiger partial charge on any atom is -0.383 e. The second-order valence-corrected chi connectivity index (χ2v) is 5.02. The number of aryl methyl sites for hydroxylation is 1. The summed E-state index contributed by atoms with van der Waals surface area (Å²) in [6.07, 6.45) is 1.41. The highest BCUT2D eigenvalue weighted by Crippen LogP contribution is 2.11. The standard InChI is InChI=1S/C14H19N5O4/c1-18-12-10(13(21)19(2)14(18)22)6-9(7-16-12)17-11(20)8-15-4-5-23-3/h6-7,15H,4-5,8H2,1-3H3,(H,17,20). The van der Waals surface area contributed by atoms with Gasteiger partial charge >= 0.3 is 5.69 Å². The van der Waals surface area contributed by atoms with E-state index < -0.39 is 11.2 Å². The van der Waals surface area contributed by atoms with Crippen LogP contribution in [0.4, 0.5) is 5.69 Å². The van der Waals surface area contributed by atoms with Crippen molar-refractivity contribution >= 4 is 22.6 Å². The molecule has 124 valence electrons. The van der Waals surface area contributed by atoms with Gasteiger partial charge in [-0.15, -0.1) is 0 Å². The smallest absolute Gasteiger partial charge is 0.332 e. The molecule has 2 rings (SSSR count). The maximum absolute atomic E-state index is 12.2. The molecule has 1 amide bonds. The monoisotopic (exact) mass is 321 g/mol. The summed E-state index contributed by atoms with van der Waals surface area (Å²) in [5, 5.41) is 5.83. The van der Waals surface area contributed by atoms with Crippen LogP contribution in [0.3, 0.4) is 0 Å². The third kappa shape index (κ3) is 3.63. The number of methoxy groups -OCH3 is 1. The predicted octanol–water partition coefficient (Wildman–Crippen LogP) is -1.19. The molecule has 0 aliphatic rings. The van der Waals surface area contributed by atoms with E-state index in [9.17, 15) is 14.4 Å². The number of nitrogens with zero attached hydrogens (tertiary/aromatic N) is 3. The first kappa shape index (κ1) is 16.8. The van der Waals surface area contributed by atoms with Crippen molar-refractivity contribution in [3.8, 4) is 0 Å². The lowest BCUT2D eigenvalue weighted by Gasteiger charge is -2.09. The van der Waals surface area contributed by atoms with Crippen LogP contribution < -0.4 is 21.9 Å². The number of carbonyl (C=O) groups is 1. The van der Waals surface area contributed by atoms with Crippen molar-refractivity contribution in [2.24, 2.45) is 14.1 Å². The molecule has 0 atom stereocenters. The van der Waals surface area contributed by atoms with E-state index in [2.05, 4.69) is 15.6 Å². The highest BCUT2D eigenvalue weighted by molar-refractivity contribution is 5.93. The van der Waals surface area contributed by atoms with E-state index in [-0.39, 0.29) is 23.5 Å². The Balaban J connectivity index is 2.22. The second kappa shape index (κ2) is 7.16. The maximum atomic E-state index is 12.2. The van der Waals surface area contributed by atoms with Gasteiger partial charge in [0.15, 0.2) is 0 Å². The maximum Gasteiger partial charge on any atom is 0.332 e. The van der Waals surface area contributed by atoms with Gasteiger partial charge in [0, 0.05) is 27.7 Å². The molecule has 0 aromatic carbocycles. The van der Waals surface area contributed by atoms with E-state index in [0.29, 0.717) is 18.8 Å². The van der Waals surface area contributed by atoms with Gasteiger partial charge in [0.25, 0.3) is 5.56 Å². The molecule has 0 unspecified atom stereocenters. The van der Waals surface area contributed by atoms with E-state index in [4.69, 9.17) is 4.74 Å². The zero-order chi connectivity index (χ0) is 17.0. The Morgan fingerprint density at radius 2 is 2.04 bits per heavy atom. The average Bonchev–Trinajstić information content (AvgIpc) is 2.55. The Morgan fingerprint density at radius 1 is 1.30 bits per heavy atom. The Labute approximate surface area is 131 Å². The highest BCUT2D eigenvalue weighted by Gasteiger charge is 2.11. The van der Waals surface area contributed by atoms with Crippen molar-refractivity contribution in [1.29, 1.82) is 0 Å². The van der Waals surface area contributed by atoms with Crippen LogP contribution >= 0.6 is 0 Å². The van der Waals surface area contributed by atoms with Crippen LogP contribution in [0.25, 0.3) is 11.0 Å². The van der Waals surface area contributed by atoms with Crippen molar-refractivity contribution in [2.75, 3.05) is 32.1 Å². The number of ether oxygens (including phenoxy) is 1. The van der Waals surface area contributed by atoms with Gasteiger partial charge in [-0.05, 0) is 6.07 Å². The number of anilines is 1. The molecule has 0 radical (unpaired) electrons. The van der Waals surface area contributed by atoms with Crippen molar-refractivity contribution in [2.45, 2.75) is 0 Å². The molecule has 0 saturated heterocycles. The summed E-state index contributed by atoms with van der Waals surface area (Å²) in [6, 6.07) is 1.51. The third-order valence-corrected chi connectivity index (χ3v) is 3.35. The van der Waals surface area contributed by atoms with Gasteiger partial charge in [0.2, 0.25) is 5.91 Å². The topological polar surface area (TPSA) is 107 Å². The Hall–Kier alpha value is -2.52. The summed E-state index contributed by atoms with van der Waals surface area (Å²) in [4.78, 5) is 39.9. The molecule has 0 spiro atoms. The van der Waals surface area contributed by atoms with Gasteiger partial charge < -0.3 is 15.4 Å². The zero-order valence-electron chi connectivity index (χ0n) is 13.3. The largest absolute Gasteiger partial charge is 0.383 e.